The minimum atomic E-state index is 0.923. The Bertz CT molecular complexity index is 698. The molecule has 1 aromatic carbocycles. The lowest BCUT2D eigenvalue weighted by atomic mass is 10.1. The Morgan fingerprint density at radius 3 is 3.00 bits per heavy atom. The number of fused-ring (bicyclic) bond motifs is 1. The number of rotatable bonds is 4. The molecular weight excluding hydrogens is 304 g/mol. The van der Waals surface area contributed by atoms with E-state index in [0.717, 1.165) is 39.9 Å². The molecule has 0 spiro atoms. The lowest BCUT2D eigenvalue weighted by molar-refractivity contribution is 0.770. The van der Waals surface area contributed by atoms with E-state index in [-0.39, 0.29) is 0 Å². The van der Waals surface area contributed by atoms with Crippen LogP contribution < -0.4 is 5.32 Å². The van der Waals surface area contributed by atoms with Gasteiger partial charge in [-0.15, -0.1) is 0 Å². The molecule has 0 radical (unpaired) electrons. The molecule has 0 aliphatic heterocycles. The van der Waals surface area contributed by atoms with Crippen molar-refractivity contribution in [1.82, 2.24) is 20.5 Å². The van der Waals surface area contributed by atoms with Crippen LogP contribution in [0.15, 0.2) is 34.9 Å². The van der Waals surface area contributed by atoms with Crippen molar-refractivity contribution in [3.8, 4) is 11.3 Å². The van der Waals surface area contributed by atoms with Crippen LogP contribution in [-0.2, 0) is 6.42 Å². The van der Waals surface area contributed by atoms with Crippen LogP contribution in [0, 0.1) is 0 Å². The Morgan fingerprint density at radius 1 is 1.32 bits per heavy atom. The summed E-state index contributed by atoms with van der Waals surface area (Å²) in [6.45, 7) is 0.925. The van der Waals surface area contributed by atoms with Crippen LogP contribution in [0.4, 0.5) is 0 Å². The average Bonchev–Trinajstić information content (AvgIpc) is 3.00. The number of aromatic amines is 2. The minimum absolute atomic E-state index is 0.923. The number of nitrogens with one attached hydrogen (secondary N) is 3. The lowest BCUT2D eigenvalue weighted by Gasteiger charge is -1.98. The van der Waals surface area contributed by atoms with Gasteiger partial charge in [-0.25, -0.2) is 0 Å². The third-order valence-corrected chi connectivity index (χ3v) is 4.10. The summed E-state index contributed by atoms with van der Waals surface area (Å²) in [5.41, 5.74) is 4.33. The van der Waals surface area contributed by atoms with Crippen molar-refractivity contribution in [1.29, 1.82) is 0 Å². The van der Waals surface area contributed by atoms with Crippen molar-refractivity contribution < 1.29 is 0 Å². The maximum Gasteiger partial charge on any atom is 0.109 e. The van der Waals surface area contributed by atoms with Gasteiger partial charge in [0.1, 0.15) is 5.69 Å². The third kappa shape index (κ3) is 2.19. The average molecular weight is 319 g/mol. The summed E-state index contributed by atoms with van der Waals surface area (Å²) in [5.74, 6) is 0. The first-order valence-electron chi connectivity index (χ1n) is 6.25. The second-order valence-corrected chi connectivity index (χ2v) is 5.26. The molecule has 0 amide bonds. The van der Waals surface area contributed by atoms with Gasteiger partial charge >= 0.3 is 0 Å². The molecule has 0 fully saturated rings. The normalized spacial score (nSPS) is 11.3. The summed E-state index contributed by atoms with van der Waals surface area (Å²) in [6.07, 6.45) is 2.93. The standard InChI is InChI=1S/C14H15BrN4/c1-16-7-6-12-13(15)14(19-18-12)10-8-17-11-5-3-2-4-9(10)11/h2-5,8,16-17H,6-7H2,1H3,(H,18,19). The molecule has 5 heteroatoms. The Balaban J connectivity index is 2.04. The van der Waals surface area contributed by atoms with E-state index < -0.39 is 0 Å². The van der Waals surface area contributed by atoms with Gasteiger partial charge in [0, 0.05) is 35.6 Å². The molecule has 0 bridgehead atoms. The van der Waals surface area contributed by atoms with Gasteiger partial charge < -0.3 is 10.3 Å². The molecule has 2 aromatic heterocycles. The highest BCUT2D eigenvalue weighted by Gasteiger charge is 2.15. The molecule has 0 atom stereocenters. The zero-order valence-corrected chi connectivity index (χ0v) is 12.2. The molecule has 0 saturated carbocycles. The molecule has 3 rings (SSSR count). The molecule has 0 aliphatic carbocycles. The van der Waals surface area contributed by atoms with Gasteiger partial charge in [0.2, 0.25) is 0 Å². The van der Waals surface area contributed by atoms with Crippen molar-refractivity contribution in [2.24, 2.45) is 0 Å². The van der Waals surface area contributed by atoms with E-state index in [9.17, 15) is 0 Å². The SMILES string of the molecule is CNCCc1[nH]nc(-c2c[nH]c3ccccc23)c1Br. The quantitative estimate of drug-likeness (QED) is 0.692. The third-order valence-electron chi connectivity index (χ3n) is 3.24. The summed E-state index contributed by atoms with van der Waals surface area (Å²) in [5, 5.41) is 11.9. The van der Waals surface area contributed by atoms with Gasteiger partial charge in [0.25, 0.3) is 0 Å². The number of hydrogen-bond donors (Lipinski definition) is 3. The van der Waals surface area contributed by atoms with Gasteiger partial charge in [-0.3, -0.25) is 5.10 Å². The van der Waals surface area contributed by atoms with Crippen LogP contribution >= 0.6 is 15.9 Å². The lowest BCUT2D eigenvalue weighted by Crippen LogP contribution is -2.10. The predicted molar refractivity (Wildman–Crippen MR) is 81.2 cm³/mol. The second-order valence-electron chi connectivity index (χ2n) is 4.47. The largest absolute Gasteiger partial charge is 0.360 e. The molecule has 0 unspecified atom stereocenters. The van der Waals surface area contributed by atoms with E-state index in [2.05, 4.69) is 48.6 Å². The Labute approximate surface area is 119 Å². The maximum atomic E-state index is 4.44. The van der Waals surface area contributed by atoms with Gasteiger partial charge in [-0.05, 0) is 29.0 Å². The molecule has 3 aromatic rings. The zero-order valence-electron chi connectivity index (χ0n) is 10.6. The van der Waals surface area contributed by atoms with Crippen LogP contribution in [-0.4, -0.2) is 28.8 Å². The Hall–Kier alpha value is -1.59. The van der Waals surface area contributed by atoms with E-state index in [1.807, 2.05) is 25.4 Å². The Kier molecular flexibility index (Phi) is 3.40. The molecule has 0 aliphatic rings. The smallest absolute Gasteiger partial charge is 0.109 e. The summed E-state index contributed by atoms with van der Waals surface area (Å²) in [6, 6.07) is 8.25. The van der Waals surface area contributed by atoms with Crippen molar-refractivity contribution in [3.05, 3.63) is 40.6 Å². The van der Waals surface area contributed by atoms with E-state index in [0.29, 0.717) is 0 Å². The van der Waals surface area contributed by atoms with Gasteiger partial charge in [-0.2, -0.15) is 5.10 Å². The number of hydrogen-bond acceptors (Lipinski definition) is 2. The molecule has 98 valence electrons. The maximum absolute atomic E-state index is 4.44. The van der Waals surface area contributed by atoms with E-state index in [4.69, 9.17) is 0 Å². The fourth-order valence-electron chi connectivity index (χ4n) is 2.23. The van der Waals surface area contributed by atoms with Crippen LogP contribution in [0.5, 0.6) is 0 Å². The summed E-state index contributed by atoms with van der Waals surface area (Å²) < 4.78 is 1.05. The molecule has 2 heterocycles. The second kappa shape index (κ2) is 5.19. The van der Waals surface area contributed by atoms with E-state index >= 15 is 0 Å². The summed E-state index contributed by atoms with van der Waals surface area (Å²) in [7, 11) is 1.95. The monoisotopic (exact) mass is 318 g/mol. The van der Waals surface area contributed by atoms with E-state index in [1.54, 1.807) is 0 Å². The first kappa shape index (κ1) is 12.4. The van der Waals surface area contributed by atoms with Crippen molar-refractivity contribution >= 4 is 26.8 Å². The number of H-pyrrole nitrogens is 2. The van der Waals surface area contributed by atoms with Crippen LogP contribution in [0.25, 0.3) is 22.2 Å². The highest BCUT2D eigenvalue weighted by molar-refractivity contribution is 9.10. The number of halogens is 1. The number of aromatic nitrogens is 3. The highest BCUT2D eigenvalue weighted by Crippen LogP contribution is 2.33. The van der Waals surface area contributed by atoms with Crippen molar-refractivity contribution in [2.75, 3.05) is 13.6 Å². The Morgan fingerprint density at radius 2 is 2.16 bits per heavy atom. The molecular formula is C14H15BrN4. The fourth-order valence-corrected chi connectivity index (χ4v) is 2.82. The molecule has 3 N–H and O–H groups in total. The van der Waals surface area contributed by atoms with Gasteiger partial charge in [0.15, 0.2) is 0 Å². The predicted octanol–water partition coefficient (Wildman–Crippen LogP) is 3.08. The fraction of sp³-hybridized carbons (Fsp3) is 0.214. The number of benzene rings is 1. The van der Waals surface area contributed by atoms with Crippen LogP contribution in [0.2, 0.25) is 0 Å². The van der Waals surface area contributed by atoms with Crippen molar-refractivity contribution in [3.63, 3.8) is 0 Å². The topological polar surface area (TPSA) is 56.5 Å². The molecule has 0 saturated heterocycles. The van der Waals surface area contributed by atoms with Crippen molar-refractivity contribution in [2.45, 2.75) is 6.42 Å². The first-order valence-corrected chi connectivity index (χ1v) is 7.04. The van der Waals surface area contributed by atoms with Gasteiger partial charge in [-0.1, -0.05) is 18.2 Å². The highest BCUT2D eigenvalue weighted by atomic mass is 79.9. The first-order chi connectivity index (χ1) is 9.31. The number of likely N-dealkylation sites (N-methyl/N-ethyl adjacent to an activating group) is 1. The van der Waals surface area contributed by atoms with Crippen LogP contribution in [0.1, 0.15) is 5.69 Å². The van der Waals surface area contributed by atoms with Crippen LogP contribution in [0.3, 0.4) is 0 Å². The summed E-state index contributed by atoms with van der Waals surface area (Å²) >= 11 is 3.65. The molecule has 19 heavy (non-hydrogen) atoms. The molecule has 4 nitrogen and oxygen atoms in total. The minimum Gasteiger partial charge on any atom is -0.360 e. The summed E-state index contributed by atoms with van der Waals surface area (Å²) in [4.78, 5) is 3.28. The number of nitrogens with zero attached hydrogens (tertiary/aromatic N) is 1. The number of para-hydroxylation sites is 1. The van der Waals surface area contributed by atoms with E-state index in [1.165, 1.54) is 5.39 Å². The van der Waals surface area contributed by atoms with Gasteiger partial charge in [0.05, 0.1) is 10.2 Å². The zero-order chi connectivity index (χ0) is 13.2.